The molecule has 0 bridgehead atoms. The number of nitriles is 1. The van der Waals surface area contributed by atoms with E-state index < -0.39 is 5.78 Å². The molecule has 0 unspecified atom stereocenters. The van der Waals surface area contributed by atoms with Crippen LogP contribution in [0.2, 0.25) is 0 Å². The molecule has 124 valence electrons. The molecule has 0 aromatic heterocycles. The Morgan fingerprint density at radius 2 is 1.62 bits per heavy atom. The fourth-order valence-electron chi connectivity index (χ4n) is 3.04. The normalized spacial score (nSPS) is 14.7. The smallest absolute Gasteiger partial charge is 0.258 e. The second-order valence-corrected chi connectivity index (χ2v) is 5.84. The first-order valence-corrected chi connectivity index (χ1v) is 8.03. The van der Waals surface area contributed by atoms with Gasteiger partial charge in [0.1, 0.15) is 17.5 Å². The minimum atomic E-state index is -0.438. The molecule has 0 saturated carbocycles. The number of rotatable bonds is 2. The summed E-state index contributed by atoms with van der Waals surface area (Å²) >= 11 is 0. The Balaban J connectivity index is 1.83. The first-order valence-electron chi connectivity index (χ1n) is 8.03. The number of carbonyl (C=O) groups excluding carboxylic acids is 2. The van der Waals surface area contributed by atoms with Crippen LogP contribution in [0.15, 0.2) is 78.1 Å². The van der Waals surface area contributed by atoms with Crippen LogP contribution in [0, 0.1) is 11.3 Å². The molecule has 5 nitrogen and oxygen atoms in total. The van der Waals surface area contributed by atoms with Crippen molar-refractivity contribution in [3.63, 3.8) is 0 Å². The number of hydrogen-bond donors (Lipinski definition) is 2. The van der Waals surface area contributed by atoms with E-state index >= 15 is 0 Å². The summed E-state index contributed by atoms with van der Waals surface area (Å²) in [6, 6.07) is 21.7. The van der Waals surface area contributed by atoms with Gasteiger partial charge in [0.05, 0.1) is 11.3 Å². The third kappa shape index (κ3) is 2.50. The first-order chi connectivity index (χ1) is 12.7. The third-order valence-electron chi connectivity index (χ3n) is 4.29. The van der Waals surface area contributed by atoms with Crippen molar-refractivity contribution in [2.75, 3.05) is 5.32 Å². The number of amides is 1. The number of anilines is 1. The maximum Gasteiger partial charge on any atom is 0.258 e. The number of nitrogens with one attached hydrogen (secondary N) is 2. The minimum absolute atomic E-state index is 0.106. The van der Waals surface area contributed by atoms with E-state index in [0.717, 1.165) is 10.8 Å². The standard InChI is InChI=1S/C21H13N3O2/c22-12-17(20-23-18-11-4-3-9-16(18)21(26)24-20)19(25)15-10-5-7-13-6-1-2-8-14(13)15/h1-11,23H,(H,24,26)/b20-17+. The van der Waals surface area contributed by atoms with Gasteiger partial charge in [-0.3, -0.25) is 9.59 Å². The van der Waals surface area contributed by atoms with Gasteiger partial charge < -0.3 is 10.6 Å². The van der Waals surface area contributed by atoms with Crippen LogP contribution in [0.5, 0.6) is 0 Å². The summed E-state index contributed by atoms with van der Waals surface area (Å²) in [6.45, 7) is 0. The molecule has 0 radical (unpaired) electrons. The fraction of sp³-hybridized carbons (Fsp3) is 0. The molecule has 2 N–H and O–H groups in total. The Morgan fingerprint density at radius 3 is 2.46 bits per heavy atom. The molecule has 0 aliphatic carbocycles. The lowest BCUT2D eigenvalue weighted by Crippen LogP contribution is -2.34. The maximum atomic E-state index is 13.0. The molecule has 0 spiro atoms. The van der Waals surface area contributed by atoms with Crippen LogP contribution in [0.3, 0.4) is 0 Å². The predicted molar refractivity (Wildman–Crippen MR) is 98.4 cm³/mol. The van der Waals surface area contributed by atoms with Crippen LogP contribution in [-0.4, -0.2) is 11.7 Å². The molecule has 1 heterocycles. The number of benzene rings is 3. The van der Waals surface area contributed by atoms with Crippen molar-refractivity contribution in [2.24, 2.45) is 0 Å². The van der Waals surface area contributed by atoms with Crippen molar-refractivity contribution in [3.8, 4) is 6.07 Å². The summed E-state index contributed by atoms with van der Waals surface area (Å²) in [5.41, 5.74) is 1.31. The molecule has 0 fully saturated rings. The molecule has 0 saturated heterocycles. The number of carbonyl (C=O) groups is 2. The summed E-state index contributed by atoms with van der Waals surface area (Å²) in [5.74, 6) is -0.687. The summed E-state index contributed by atoms with van der Waals surface area (Å²) in [7, 11) is 0. The minimum Gasteiger partial charge on any atom is -0.340 e. The Hall–Kier alpha value is -3.91. The van der Waals surface area contributed by atoms with E-state index in [1.54, 1.807) is 36.4 Å². The molecular formula is C21H13N3O2. The molecule has 26 heavy (non-hydrogen) atoms. The van der Waals surface area contributed by atoms with E-state index in [0.29, 0.717) is 16.8 Å². The summed E-state index contributed by atoms with van der Waals surface area (Å²) in [4.78, 5) is 25.3. The average molecular weight is 339 g/mol. The van der Waals surface area contributed by atoms with Gasteiger partial charge in [-0.25, -0.2) is 0 Å². The van der Waals surface area contributed by atoms with E-state index in [9.17, 15) is 14.9 Å². The van der Waals surface area contributed by atoms with Gasteiger partial charge in [-0.2, -0.15) is 5.26 Å². The molecule has 4 rings (SSSR count). The zero-order valence-corrected chi connectivity index (χ0v) is 13.6. The number of Topliss-reactive ketones (excluding diaryl/α,β-unsaturated/α-hetero) is 1. The predicted octanol–water partition coefficient (Wildman–Crippen LogP) is 3.61. The van der Waals surface area contributed by atoms with Crippen LogP contribution in [0.25, 0.3) is 10.8 Å². The van der Waals surface area contributed by atoms with Crippen LogP contribution in [0.1, 0.15) is 20.7 Å². The van der Waals surface area contributed by atoms with E-state index in [1.807, 2.05) is 36.4 Å². The molecule has 0 atom stereocenters. The topological polar surface area (TPSA) is 82.0 Å². The molecule has 1 aliphatic heterocycles. The lowest BCUT2D eigenvalue weighted by Gasteiger charge is -2.22. The highest BCUT2D eigenvalue weighted by Gasteiger charge is 2.25. The van der Waals surface area contributed by atoms with Gasteiger partial charge in [-0.15, -0.1) is 0 Å². The highest BCUT2D eigenvalue weighted by Crippen LogP contribution is 2.25. The number of fused-ring (bicyclic) bond motifs is 2. The Kier molecular flexibility index (Phi) is 3.71. The van der Waals surface area contributed by atoms with Crippen molar-refractivity contribution in [1.82, 2.24) is 5.32 Å². The van der Waals surface area contributed by atoms with Gasteiger partial charge in [-0.1, -0.05) is 54.6 Å². The van der Waals surface area contributed by atoms with Crippen LogP contribution in [0.4, 0.5) is 5.69 Å². The zero-order chi connectivity index (χ0) is 18.1. The number of nitrogens with zero attached hydrogens (tertiary/aromatic N) is 1. The fourth-order valence-corrected chi connectivity index (χ4v) is 3.04. The maximum absolute atomic E-state index is 13.0. The molecule has 3 aromatic carbocycles. The molecule has 1 amide bonds. The number of ketones is 1. The van der Waals surface area contributed by atoms with Crippen LogP contribution < -0.4 is 10.6 Å². The number of para-hydroxylation sites is 1. The molecule has 1 aliphatic rings. The van der Waals surface area contributed by atoms with Crippen molar-refractivity contribution in [1.29, 1.82) is 5.26 Å². The van der Waals surface area contributed by atoms with Crippen molar-refractivity contribution < 1.29 is 9.59 Å². The van der Waals surface area contributed by atoms with Gasteiger partial charge in [0.15, 0.2) is 0 Å². The Morgan fingerprint density at radius 1 is 0.885 bits per heavy atom. The van der Waals surface area contributed by atoms with Crippen molar-refractivity contribution in [3.05, 3.63) is 89.3 Å². The van der Waals surface area contributed by atoms with Gasteiger partial charge in [0.25, 0.3) is 5.91 Å². The van der Waals surface area contributed by atoms with E-state index in [4.69, 9.17) is 0 Å². The Labute approximate surface area is 149 Å². The molecule has 5 heteroatoms. The van der Waals surface area contributed by atoms with Crippen molar-refractivity contribution in [2.45, 2.75) is 0 Å². The summed E-state index contributed by atoms with van der Waals surface area (Å²) in [6.07, 6.45) is 0. The van der Waals surface area contributed by atoms with Crippen molar-refractivity contribution >= 4 is 28.2 Å². The highest BCUT2D eigenvalue weighted by molar-refractivity contribution is 6.19. The van der Waals surface area contributed by atoms with E-state index in [-0.39, 0.29) is 17.3 Å². The first kappa shape index (κ1) is 15.6. The summed E-state index contributed by atoms with van der Waals surface area (Å²) < 4.78 is 0. The molecular weight excluding hydrogens is 326 g/mol. The average Bonchev–Trinajstić information content (AvgIpc) is 2.68. The quantitative estimate of drug-likeness (QED) is 0.424. The number of allylic oxidation sites excluding steroid dienone is 1. The Bertz CT molecular complexity index is 1130. The van der Waals surface area contributed by atoms with Gasteiger partial charge in [0.2, 0.25) is 5.78 Å². The van der Waals surface area contributed by atoms with Gasteiger partial charge >= 0.3 is 0 Å². The van der Waals surface area contributed by atoms with Gasteiger partial charge in [0, 0.05) is 5.56 Å². The second-order valence-electron chi connectivity index (χ2n) is 5.84. The van der Waals surface area contributed by atoms with Gasteiger partial charge in [-0.05, 0) is 22.9 Å². The third-order valence-corrected chi connectivity index (χ3v) is 4.29. The lowest BCUT2D eigenvalue weighted by molar-refractivity contribution is 0.0963. The monoisotopic (exact) mass is 339 g/mol. The lowest BCUT2D eigenvalue weighted by atomic mass is 9.97. The SMILES string of the molecule is N#C/C(C(=O)c1cccc2ccccc12)=C1\NC(=O)c2ccccc2N1. The van der Waals surface area contributed by atoms with E-state index in [2.05, 4.69) is 10.6 Å². The summed E-state index contributed by atoms with van der Waals surface area (Å²) in [5, 5.41) is 16.9. The van der Waals surface area contributed by atoms with E-state index in [1.165, 1.54) is 0 Å². The largest absolute Gasteiger partial charge is 0.340 e. The number of hydrogen-bond acceptors (Lipinski definition) is 4. The van der Waals surface area contributed by atoms with Crippen LogP contribution >= 0.6 is 0 Å². The second kappa shape index (κ2) is 6.19. The molecule has 3 aromatic rings. The van der Waals surface area contributed by atoms with Crippen LogP contribution in [-0.2, 0) is 0 Å². The zero-order valence-electron chi connectivity index (χ0n) is 13.6. The highest BCUT2D eigenvalue weighted by atomic mass is 16.2.